The number of hydrogen-bond acceptors (Lipinski definition) is 6. The van der Waals surface area contributed by atoms with Gasteiger partial charge in [0.15, 0.2) is 0 Å². The summed E-state index contributed by atoms with van der Waals surface area (Å²) in [5, 5.41) is 5.09. The van der Waals surface area contributed by atoms with Crippen molar-refractivity contribution in [1.29, 1.82) is 0 Å². The summed E-state index contributed by atoms with van der Waals surface area (Å²) < 4.78 is 5.54. The molecule has 134 valence electrons. The summed E-state index contributed by atoms with van der Waals surface area (Å²) in [6.45, 7) is 1.04. The number of aromatic nitrogens is 1. The van der Waals surface area contributed by atoms with Crippen molar-refractivity contribution in [2.45, 2.75) is 19.4 Å². The Balaban J connectivity index is 1.72. The Morgan fingerprint density at radius 3 is 2.69 bits per heavy atom. The maximum Gasteiger partial charge on any atom is 0.268 e. The number of ether oxygens (including phenoxy) is 1. The van der Waals surface area contributed by atoms with Gasteiger partial charge in [-0.05, 0) is 30.5 Å². The van der Waals surface area contributed by atoms with Crippen molar-refractivity contribution in [3.05, 3.63) is 45.8 Å². The fourth-order valence-electron chi connectivity index (χ4n) is 3.39. The Hall–Kier alpha value is -3.13. The third-order valence-corrected chi connectivity index (χ3v) is 4.61. The number of methoxy groups -OCH3 is 1. The van der Waals surface area contributed by atoms with E-state index in [1.54, 1.807) is 7.11 Å². The number of H-pyrrole nitrogens is 1. The lowest BCUT2D eigenvalue weighted by molar-refractivity contribution is -0.140. The van der Waals surface area contributed by atoms with Crippen molar-refractivity contribution in [3.8, 4) is 5.75 Å². The molecule has 3 N–H and O–H groups in total. The molecule has 0 radical (unpaired) electrons. The molecule has 26 heavy (non-hydrogen) atoms. The van der Waals surface area contributed by atoms with Gasteiger partial charge >= 0.3 is 0 Å². The molecule has 8 heteroatoms. The Morgan fingerprint density at radius 2 is 1.96 bits per heavy atom. The van der Waals surface area contributed by atoms with Gasteiger partial charge in [-0.2, -0.15) is 0 Å². The molecule has 2 aliphatic heterocycles. The van der Waals surface area contributed by atoms with E-state index in [1.165, 1.54) is 12.2 Å². The molecule has 0 bridgehead atoms. The zero-order valence-corrected chi connectivity index (χ0v) is 14.2. The van der Waals surface area contributed by atoms with Crippen LogP contribution in [0.3, 0.4) is 0 Å². The quantitative estimate of drug-likeness (QED) is 0.703. The fourth-order valence-corrected chi connectivity index (χ4v) is 3.39. The van der Waals surface area contributed by atoms with Crippen molar-refractivity contribution >= 4 is 28.4 Å². The Labute approximate surface area is 148 Å². The molecule has 3 heterocycles. The third kappa shape index (κ3) is 2.64. The van der Waals surface area contributed by atoms with E-state index in [4.69, 9.17) is 4.74 Å². The van der Waals surface area contributed by atoms with Gasteiger partial charge in [-0.15, -0.1) is 0 Å². The number of carbonyl (C=O) groups excluding carboxylic acids is 2. The van der Waals surface area contributed by atoms with Crippen molar-refractivity contribution in [2.75, 3.05) is 19.0 Å². The standard InChI is InChI=1S/C18H18N4O4/c1-26-13-8-10(9-20-22-14(23)4-5-15(22)24)7-12-16(13)17-11(18(25)21-12)3-2-6-19-17/h4-5,7-8,19-20H,2-3,6,9H2,1H3,(H,21,25). The van der Waals surface area contributed by atoms with E-state index in [1.807, 2.05) is 12.1 Å². The summed E-state index contributed by atoms with van der Waals surface area (Å²) >= 11 is 0. The van der Waals surface area contributed by atoms with Crippen LogP contribution in [0.5, 0.6) is 5.75 Å². The summed E-state index contributed by atoms with van der Waals surface area (Å²) in [6, 6.07) is 3.66. The highest BCUT2D eigenvalue weighted by Gasteiger charge is 2.23. The van der Waals surface area contributed by atoms with Crippen molar-refractivity contribution in [3.63, 3.8) is 0 Å². The number of nitrogens with zero attached hydrogens (tertiary/aromatic N) is 1. The summed E-state index contributed by atoms with van der Waals surface area (Å²) in [5.41, 5.74) is 5.67. The molecular formula is C18H18N4O4. The lowest BCUT2D eigenvalue weighted by Crippen LogP contribution is -2.42. The molecule has 0 aliphatic carbocycles. The van der Waals surface area contributed by atoms with Crippen LogP contribution in [0.1, 0.15) is 17.5 Å². The molecule has 1 aromatic carbocycles. The summed E-state index contributed by atoms with van der Waals surface area (Å²) in [7, 11) is 1.57. The van der Waals surface area contributed by atoms with Gasteiger partial charge in [0.25, 0.3) is 17.4 Å². The van der Waals surface area contributed by atoms with Gasteiger partial charge in [-0.3, -0.25) is 14.4 Å². The van der Waals surface area contributed by atoms with Crippen molar-refractivity contribution in [2.24, 2.45) is 0 Å². The van der Waals surface area contributed by atoms with Crippen molar-refractivity contribution in [1.82, 2.24) is 15.4 Å². The van der Waals surface area contributed by atoms with E-state index >= 15 is 0 Å². The van der Waals surface area contributed by atoms with E-state index in [0.29, 0.717) is 11.3 Å². The van der Waals surface area contributed by atoms with E-state index in [9.17, 15) is 14.4 Å². The number of imide groups is 1. The predicted octanol–water partition coefficient (Wildman–Crippen LogP) is 0.824. The van der Waals surface area contributed by atoms with Crippen LogP contribution in [-0.2, 0) is 22.6 Å². The summed E-state index contributed by atoms with van der Waals surface area (Å²) in [4.78, 5) is 38.5. The van der Waals surface area contributed by atoms with Gasteiger partial charge in [0.2, 0.25) is 0 Å². The SMILES string of the molecule is COc1cc(CNN2C(=O)C=CC2=O)cc2[nH]c(=O)c3c(c12)NCCC3. The molecule has 0 unspecified atom stereocenters. The lowest BCUT2D eigenvalue weighted by atomic mass is 10.00. The van der Waals surface area contributed by atoms with E-state index in [-0.39, 0.29) is 12.1 Å². The maximum atomic E-state index is 12.4. The Morgan fingerprint density at radius 1 is 1.19 bits per heavy atom. The van der Waals surface area contributed by atoms with Crippen molar-refractivity contribution < 1.29 is 14.3 Å². The lowest BCUT2D eigenvalue weighted by Gasteiger charge is -2.21. The second-order valence-electron chi connectivity index (χ2n) is 6.24. The summed E-state index contributed by atoms with van der Waals surface area (Å²) in [6.07, 6.45) is 4.07. The highest BCUT2D eigenvalue weighted by Crippen LogP contribution is 2.35. The second-order valence-corrected chi connectivity index (χ2v) is 6.24. The molecular weight excluding hydrogens is 336 g/mol. The zero-order chi connectivity index (χ0) is 18.3. The van der Waals surface area contributed by atoms with Crippen LogP contribution in [0.15, 0.2) is 29.1 Å². The molecule has 0 saturated heterocycles. The number of hydrogen-bond donors (Lipinski definition) is 3. The summed E-state index contributed by atoms with van der Waals surface area (Å²) in [5.74, 6) is -0.192. The first-order chi connectivity index (χ1) is 12.6. The minimum absolute atomic E-state index is 0.110. The molecule has 2 amide bonds. The average molecular weight is 354 g/mol. The van der Waals surface area contributed by atoms with E-state index in [2.05, 4.69) is 15.7 Å². The van der Waals surface area contributed by atoms with Crippen LogP contribution in [0.25, 0.3) is 10.9 Å². The van der Waals surface area contributed by atoms with Crippen LogP contribution < -0.4 is 21.0 Å². The van der Waals surface area contributed by atoms with E-state index in [0.717, 1.165) is 46.6 Å². The van der Waals surface area contributed by atoms with Gasteiger partial charge in [-0.1, -0.05) is 0 Å². The van der Waals surface area contributed by atoms with Gasteiger partial charge in [0.05, 0.1) is 23.7 Å². The van der Waals surface area contributed by atoms with Gasteiger partial charge < -0.3 is 15.0 Å². The number of nitrogens with one attached hydrogen (secondary N) is 3. The highest BCUT2D eigenvalue weighted by molar-refractivity contribution is 6.12. The number of anilines is 1. The van der Waals surface area contributed by atoms with Crippen LogP contribution in [0.4, 0.5) is 5.69 Å². The average Bonchev–Trinajstić information content (AvgIpc) is 2.97. The topological polar surface area (TPSA) is 104 Å². The molecule has 0 atom stereocenters. The minimum Gasteiger partial charge on any atom is -0.496 e. The number of hydrazine groups is 1. The van der Waals surface area contributed by atoms with Crippen LogP contribution in [-0.4, -0.2) is 35.5 Å². The van der Waals surface area contributed by atoms with E-state index < -0.39 is 11.8 Å². The van der Waals surface area contributed by atoms with Crippen LogP contribution in [0, 0.1) is 0 Å². The molecule has 8 nitrogen and oxygen atoms in total. The van der Waals surface area contributed by atoms with Gasteiger partial charge in [0.1, 0.15) is 5.75 Å². The molecule has 2 aliphatic rings. The monoisotopic (exact) mass is 354 g/mol. The highest BCUT2D eigenvalue weighted by atomic mass is 16.5. The molecule has 0 spiro atoms. The molecule has 0 fully saturated rings. The second kappa shape index (κ2) is 6.30. The number of rotatable bonds is 4. The smallest absolute Gasteiger partial charge is 0.268 e. The normalized spacial score (nSPS) is 16.1. The largest absolute Gasteiger partial charge is 0.496 e. The first kappa shape index (κ1) is 16.3. The molecule has 2 aromatic rings. The molecule has 1 aromatic heterocycles. The van der Waals surface area contributed by atoms with Gasteiger partial charge in [-0.25, -0.2) is 10.4 Å². The first-order valence-corrected chi connectivity index (χ1v) is 8.38. The number of amides is 2. The Kier molecular flexibility index (Phi) is 3.96. The predicted molar refractivity (Wildman–Crippen MR) is 95.8 cm³/mol. The number of fused-ring (bicyclic) bond motifs is 3. The fraction of sp³-hybridized carbons (Fsp3) is 0.278. The number of benzene rings is 1. The molecule has 4 rings (SSSR count). The minimum atomic E-state index is -0.408. The number of pyridine rings is 1. The van der Waals surface area contributed by atoms with Crippen LogP contribution >= 0.6 is 0 Å². The zero-order valence-electron chi connectivity index (χ0n) is 14.2. The van der Waals surface area contributed by atoms with Crippen LogP contribution in [0.2, 0.25) is 0 Å². The number of carbonyl (C=O) groups is 2. The maximum absolute atomic E-state index is 12.4. The third-order valence-electron chi connectivity index (χ3n) is 4.61. The first-order valence-electron chi connectivity index (χ1n) is 8.38. The number of aromatic amines is 1. The molecule has 0 saturated carbocycles. The Bertz CT molecular complexity index is 990. The van der Waals surface area contributed by atoms with Gasteiger partial charge in [0, 0.05) is 30.8 Å².